The summed E-state index contributed by atoms with van der Waals surface area (Å²) in [5.74, 6) is -1.93. The van der Waals surface area contributed by atoms with Gasteiger partial charge in [-0.3, -0.25) is 4.79 Å². The zero-order chi connectivity index (χ0) is 12.6. The predicted molar refractivity (Wildman–Crippen MR) is 47.3 cm³/mol. The second kappa shape index (κ2) is 3.95. The first kappa shape index (κ1) is 12.8. The van der Waals surface area contributed by atoms with E-state index in [4.69, 9.17) is 0 Å². The van der Waals surface area contributed by atoms with Crippen LogP contribution in [-0.2, 0) is 14.3 Å². The van der Waals surface area contributed by atoms with Crippen LogP contribution < -0.4 is 5.32 Å². The molecule has 1 atom stereocenters. The van der Waals surface area contributed by atoms with Crippen LogP contribution in [0.15, 0.2) is 0 Å². The number of ether oxygens (including phenoxy) is 1. The molecule has 7 heteroatoms. The van der Waals surface area contributed by atoms with Gasteiger partial charge in [-0.1, -0.05) is 0 Å². The van der Waals surface area contributed by atoms with Crippen molar-refractivity contribution in [3.05, 3.63) is 0 Å². The molecule has 0 bridgehead atoms. The quantitative estimate of drug-likeness (QED) is 0.748. The number of hydrogen-bond acceptors (Lipinski definition) is 3. The van der Waals surface area contributed by atoms with Crippen LogP contribution in [0.1, 0.15) is 19.8 Å². The van der Waals surface area contributed by atoms with Gasteiger partial charge in [0.05, 0.1) is 7.11 Å². The molecular weight excluding hydrogens is 227 g/mol. The van der Waals surface area contributed by atoms with Crippen LogP contribution in [0.2, 0.25) is 0 Å². The molecule has 1 aliphatic rings. The SMILES string of the molecule is COC(=O)[C@H](C)NC(=O)C1(C(F)(F)F)CC1. The summed E-state index contributed by atoms with van der Waals surface area (Å²) in [5, 5.41) is 2.01. The maximum Gasteiger partial charge on any atom is 0.403 e. The summed E-state index contributed by atoms with van der Waals surface area (Å²) in [6.07, 6.45) is -5.01. The third kappa shape index (κ3) is 2.12. The van der Waals surface area contributed by atoms with Gasteiger partial charge < -0.3 is 10.1 Å². The molecule has 1 saturated carbocycles. The summed E-state index contributed by atoms with van der Waals surface area (Å²) < 4.78 is 41.8. The smallest absolute Gasteiger partial charge is 0.403 e. The van der Waals surface area contributed by atoms with E-state index in [1.165, 1.54) is 6.92 Å². The highest BCUT2D eigenvalue weighted by atomic mass is 19.4. The molecule has 0 aromatic heterocycles. The number of carbonyl (C=O) groups excluding carboxylic acids is 2. The lowest BCUT2D eigenvalue weighted by Gasteiger charge is -2.20. The molecule has 0 aromatic carbocycles. The minimum absolute atomic E-state index is 0.226. The van der Waals surface area contributed by atoms with E-state index < -0.39 is 29.5 Å². The van der Waals surface area contributed by atoms with Crippen molar-refractivity contribution in [1.29, 1.82) is 0 Å². The largest absolute Gasteiger partial charge is 0.467 e. The summed E-state index contributed by atoms with van der Waals surface area (Å²) in [7, 11) is 1.10. The van der Waals surface area contributed by atoms with Crippen LogP contribution in [0.5, 0.6) is 0 Å². The number of hydrogen-bond donors (Lipinski definition) is 1. The van der Waals surface area contributed by atoms with E-state index in [1.807, 2.05) is 5.32 Å². The molecule has 0 radical (unpaired) electrons. The molecule has 0 heterocycles. The van der Waals surface area contributed by atoms with E-state index in [0.717, 1.165) is 7.11 Å². The molecular formula is C9H12F3NO3. The van der Waals surface area contributed by atoms with Gasteiger partial charge in [0.25, 0.3) is 0 Å². The maximum atomic E-state index is 12.5. The molecule has 1 rings (SSSR count). The Labute approximate surface area is 90.1 Å². The molecule has 0 spiro atoms. The van der Waals surface area contributed by atoms with Crippen LogP contribution in [0.25, 0.3) is 0 Å². The fourth-order valence-electron chi connectivity index (χ4n) is 1.33. The fourth-order valence-corrected chi connectivity index (χ4v) is 1.33. The molecule has 1 N–H and O–H groups in total. The zero-order valence-electron chi connectivity index (χ0n) is 8.85. The fraction of sp³-hybridized carbons (Fsp3) is 0.778. The standard InChI is InChI=1S/C9H12F3NO3/c1-5(6(14)16-2)13-7(15)8(3-4-8)9(10,11)12/h5H,3-4H2,1-2H3,(H,13,15)/t5-/m0/s1. The monoisotopic (exact) mass is 239 g/mol. The van der Waals surface area contributed by atoms with Crippen molar-refractivity contribution in [2.75, 3.05) is 7.11 Å². The van der Waals surface area contributed by atoms with Crippen molar-refractivity contribution in [1.82, 2.24) is 5.32 Å². The molecule has 0 aromatic rings. The van der Waals surface area contributed by atoms with E-state index in [2.05, 4.69) is 4.74 Å². The molecule has 4 nitrogen and oxygen atoms in total. The van der Waals surface area contributed by atoms with E-state index in [-0.39, 0.29) is 12.8 Å². The summed E-state index contributed by atoms with van der Waals surface area (Å²) >= 11 is 0. The van der Waals surface area contributed by atoms with Crippen LogP contribution in [0.4, 0.5) is 13.2 Å². The molecule has 92 valence electrons. The molecule has 1 amide bonds. The third-order valence-corrected chi connectivity index (χ3v) is 2.63. The Balaban J connectivity index is 2.64. The summed E-state index contributed by atoms with van der Waals surface area (Å²) in [4.78, 5) is 22.3. The van der Waals surface area contributed by atoms with E-state index in [0.29, 0.717) is 0 Å². The van der Waals surface area contributed by atoms with Crippen molar-refractivity contribution < 1.29 is 27.5 Å². The molecule has 1 fully saturated rings. The summed E-state index contributed by atoms with van der Waals surface area (Å²) in [6, 6.07) is -1.07. The second-order valence-electron chi connectivity index (χ2n) is 3.80. The first-order valence-electron chi connectivity index (χ1n) is 4.70. The zero-order valence-corrected chi connectivity index (χ0v) is 8.85. The molecule has 0 unspecified atom stereocenters. The topological polar surface area (TPSA) is 55.4 Å². The van der Waals surface area contributed by atoms with Crippen molar-refractivity contribution >= 4 is 11.9 Å². The van der Waals surface area contributed by atoms with Crippen molar-refractivity contribution in [3.63, 3.8) is 0 Å². The Hall–Kier alpha value is -1.27. The van der Waals surface area contributed by atoms with Gasteiger partial charge in [0.1, 0.15) is 11.5 Å². The number of carbonyl (C=O) groups is 2. The Kier molecular flexibility index (Phi) is 3.16. The lowest BCUT2D eigenvalue weighted by atomic mass is 10.1. The Morgan fingerprint density at radius 1 is 1.38 bits per heavy atom. The van der Waals surface area contributed by atoms with Crippen LogP contribution in [0.3, 0.4) is 0 Å². The number of nitrogens with one attached hydrogen (secondary N) is 1. The van der Waals surface area contributed by atoms with Gasteiger partial charge in [-0.15, -0.1) is 0 Å². The average Bonchev–Trinajstić information content (AvgIpc) is 2.95. The minimum Gasteiger partial charge on any atom is -0.467 e. The highest BCUT2D eigenvalue weighted by molar-refractivity contribution is 5.90. The Bertz CT molecular complexity index is 310. The third-order valence-electron chi connectivity index (χ3n) is 2.63. The second-order valence-corrected chi connectivity index (χ2v) is 3.80. The number of esters is 1. The number of methoxy groups -OCH3 is 1. The minimum atomic E-state index is -4.56. The lowest BCUT2D eigenvalue weighted by molar-refractivity contribution is -0.193. The first-order chi connectivity index (χ1) is 7.24. The summed E-state index contributed by atoms with van der Waals surface area (Å²) in [6.45, 7) is 1.27. The molecule has 0 aliphatic heterocycles. The van der Waals surface area contributed by atoms with Crippen LogP contribution >= 0.6 is 0 Å². The average molecular weight is 239 g/mol. The predicted octanol–water partition coefficient (Wildman–Crippen LogP) is 1.01. The van der Waals surface area contributed by atoms with Crippen molar-refractivity contribution in [3.8, 4) is 0 Å². The molecule has 1 aliphatic carbocycles. The molecule has 0 saturated heterocycles. The van der Waals surface area contributed by atoms with Crippen molar-refractivity contribution in [2.24, 2.45) is 5.41 Å². The van der Waals surface area contributed by atoms with Crippen molar-refractivity contribution in [2.45, 2.75) is 32.0 Å². The van der Waals surface area contributed by atoms with Gasteiger partial charge in [-0.25, -0.2) is 4.79 Å². The van der Waals surface area contributed by atoms with Gasteiger partial charge in [-0.2, -0.15) is 13.2 Å². The number of halogens is 3. The van der Waals surface area contributed by atoms with E-state index >= 15 is 0 Å². The highest BCUT2D eigenvalue weighted by Crippen LogP contribution is 2.57. The van der Waals surface area contributed by atoms with Gasteiger partial charge in [-0.05, 0) is 19.8 Å². The van der Waals surface area contributed by atoms with Gasteiger partial charge >= 0.3 is 12.1 Å². The van der Waals surface area contributed by atoms with Gasteiger partial charge in [0.15, 0.2) is 0 Å². The maximum absolute atomic E-state index is 12.5. The van der Waals surface area contributed by atoms with E-state index in [9.17, 15) is 22.8 Å². The molecule has 16 heavy (non-hydrogen) atoms. The van der Waals surface area contributed by atoms with Crippen LogP contribution in [0, 0.1) is 5.41 Å². The summed E-state index contributed by atoms with van der Waals surface area (Å²) in [5.41, 5.74) is -2.30. The van der Waals surface area contributed by atoms with E-state index in [1.54, 1.807) is 0 Å². The number of alkyl halides is 3. The number of rotatable bonds is 3. The first-order valence-corrected chi connectivity index (χ1v) is 4.70. The highest BCUT2D eigenvalue weighted by Gasteiger charge is 2.68. The lowest BCUT2D eigenvalue weighted by Crippen LogP contribution is -2.47. The van der Waals surface area contributed by atoms with Crippen LogP contribution in [-0.4, -0.2) is 31.2 Å². The normalized spacial score (nSPS) is 19.8. The van der Waals surface area contributed by atoms with Gasteiger partial charge in [0, 0.05) is 0 Å². The Morgan fingerprint density at radius 2 is 1.88 bits per heavy atom. The Morgan fingerprint density at radius 3 is 2.19 bits per heavy atom. The number of amides is 1. The van der Waals surface area contributed by atoms with Gasteiger partial charge in [0.2, 0.25) is 5.91 Å².